The number of esters is 1. The van der Waals surface area contributed by atoms with Gasteiger partial charge in [-0.2, -0.15) is 0 Å². The summed E-state index contributed by atoms with van der Waals surface area (Å²) in [7, 11) is 5.09. The summed E-state index contributed by atoms with van der Waals surface area (Å²) in [6, 6.07) is 17.8. The second kappa shape index (κ2) is 24.8. The second-order valence-electron chi connectivity index (χ2n) is 23.4. The lowest BCUT2D eigenvalue weighted by atomic mass is 9.84. The highest BCUT2D eigenvalue weighted by Crippen LogP contribution is 2.43. The molecule has 9 rings (SSSR count). The standard InChI is InChI=1S/C63H79N9O9/c1-10-71-53-21-18-43-33-48(53)50(57(71)49-30-40(35-65-55(49)39(4)79-9)14-11-24-70-25-13-23-68(7)54(74)36-70)34-63(5,6)37-81-62(78)51-15-12-26-72(67-51)60(76)52(31-41-28-44(43)32-46(73)29-41)66-59(75)56(38(2)3)69(8)61(77)58-47(22-27-80-58)42-16-19-45(64)20-17-42/h16-21,28-30,32-33,35,38-39,47,51-52,56,58,67,73H,10,12-13,15,22-27,31,34,36-37,64H2,1-9H3,(H,66,75)/t39-,47+,51-,52-,56-,58+/m0/s1. The third-order valence-electron chi connectivity index (χ3n) is 16.4. The maximum absolute atomic E-state index is 15.0. The van der Waals surface area contributed by atoms with Crippen LogP contribution in [0.5, 0.6) is 5.75 Å². The lowest BCUT2D eigenvalue weighted by Crippen LogP contribution is -2.62. The summed E-state index contributed by atoms with van der Waals surface area (Å²) in [6.45, 7) is 15.4. The zero-order valence-electron chi connectivity index (χ0n) is 48.3. The molecule has 81 heavy (non-hydrogen) atoms. The Labute approximate surface area is 475 Å². The quantitative estimate of drug-likeness (QED) is 0.0624. The van der Waals surface area contributed by atoms with E-state index in [1.807, 2.05) is 52.1 Å². The fourth-order valence-corrected chi connectivity index (χ4v) is 12.1. The van der Waals surface area contributed by atoms with Crippen LogP contribution in [0, 0.1) is 23.2 Å². The Bertz CT molecular complexity index is 3230. The molecular weight excluding hydrogens is 1030 g/mol. The molecule has 2 aromatic heterocycles. The molecule has 0 aliphatic carbocycles. The van der Waals surface area contributed by atoms with Crippen LogP contribution in [0.1, 0.15) is 107 Å². The minimum atomic E-state index is -1.20. The molecule has 6 atom stereocenters. The number of aromatic hydroxyl groups is 1. The van der Waals surface area contributed by atoms with Crippen molar-refractivity contribution in [2.75, 3.05) is 72.9 Å². The van der Waals surface area contributed by atoms with Gasteiger partial charge in [0.15, 0.2) is 0 Å². The van der Waals surface area contributed by atoms with Crippen LogP contribution in [-0.4, -0.2) is 155 Å². The lowest BCUT2D eigenvalue weighted by molar-refractivity contribution is -0.155. The number of carbonyl (C=O) groups excluding carboxylic acids is 5. The van der Waals surface area contributed by atoms with Crippen LogP contribution in [-0.2, 0) is 57.6 Å². The van der Waals surface area contributed by atoms with Gasteiger partial charge in [0.25, 0.3) is 11.8 Å². The van der Waals surface area contributed by atoms with E-state index in [2.05, 4.69) is 71.0 Å². The van der Waals surface area contributed by atoms with Gasteiger partial charge < -0.3 is 44.7 Å². The van der Waals surface area contributed by atoms with Crippen molar-refractivity contribution in [3.63, 3.8) is 0 Å². The Morgan fingerprint density at radius 1 is 1.00 bits per heavy atom. The number of hydrazine groups is 1. The maximum Gasteiger partial charge on any atom is 0.324 e. The number of ether oxygens (including phenoxy) is 3. The van der Waals surface area contributed by atoms with Gasteiger partial charge in [0, 0.05) is 106 Å². The van der Waals surface area contributed by atoms with Crippen molar-refractivity contribution >= 4 is 46.2 Å². The summed E-state index contributed by atoms with van der Waals surface area (Å²) in [5.74, 6) is 4.22. The van der Waals surface area contributed by atoms with Crippen molar-refractivity contribution in [1.29, 1.82) is 0 Å². The second-order valence-corrected chi connectivity index (χ2v) is 23.4. The van der Waals surface area contributed by atoms with Gasteiger partial charge in [-0.1, -0.05) is 63.8 Å². The number of nitrogens with zero attached hydrogens (tertiary/aromatic N) is 6. The highest BCUT2D eigenvalue weighted by Gasteiger charge is 2.42. The number of nitrogens with two attached hydrogens (primary N) is 1. The first-order chi connectivity index (χ1) is 38.7. The molecule has 18 nitrogen and oxygen atoms in total. The topological polar surface area (TPSA) is 214 Å². The predicted molar refractivity (Wildman–Crippen MR) is 310 cm³/mol. The minimum absolute atomic E-state index is 0.0313. The van der Waals surface area contributed by atoms with Gasteiger partial charge in [0.1, 0.15) is 30.0 Å². The Kier molecular flexibility index (Phi) is 17.9. The van der Waals surface area contributed by atoms with Gasteiger partial charge in [-0.3, -0.25) is 38.9 Å². The summed E-state index contributed by atoms with van der Waals surface area (Å²) in [6.07, 6.45) is 3.37. The molecule has 18 heteroatoms. The normalized spacial score (nSPS) is 21.6. The lowest BCUT2D eigenvalue weighted by Gasteiger charge is -2.37. The van der Waals surface area contributed by atoms with Crippen molar-refractivity contribution in [2.24, 2.45) is 11.3 Å². The average Bonchev–Trinajstić information content (AvgIpc) is 4.08. The molecule has 5 aromatic rings. The number of nitrogen functional groups attached to an aromatic ring is 1. The van der Waals surface area contributed by atoms with E-state index in [1.54, 1.807) is 49.5 Å². The van der Waals surface area contributed by atoms with Gasteiger partial charge in [-0.15, -0.1) is 0 Å². The molecule has 0 unspecified atom stereocenters. The maximum atomic E-state index is 15.0. The third kappa shape index (κ3) is 12.9. The van der Waals surface area contributed by atoms with E-state index in [0.29, 0.717) is 80.8 Å². The van der Waals surface area contributed by atoms with E-state index in [9.17, 15) is 29.1 Å². The van der Waals surface area contributed by atoms with Crippen LogP contribution < -0.4 is 16.5 Å². The number of phenolic OH excluding ortho intramolecular Hbond substituents is 1. The summed E-state index contributed by atoms with van der Waals surface area (Å²) in [5.41, 5.74) is 17.3. The Hall–Kier alpha value is -7.30. The Morgan fingerprint density at radius 3 is 2.52 bits per heavy atom. The molecule has 4 aliphatic heterocycles. The first-order valence-corrected chi connectivity index (χ1v) is 28.5. The average molecular weight is 1110 g/mol. The molecule has 0 spiro atoms. The van der Waals surface area contributed by atoms with Gasteiger partial charge in [-0.25, -0.2) is 5.43 Å². The van der Waals surface area contributed by atoms with Crippen molar-refractivity contribution < 1.29 is 43.3 Å². The van der Waals surface area contributed by atoms with E-state index in [1.165, 1.54) is 9.91 Å². The van der Waals surface area contributed by atoms with Crippen molar-refractivity contribution in [3.05, 3.63) is 101 Å². The largest absolute Gasteiger partial charge is 0.508 e. The van der Waals surface area contributed by atoms with E-state index in [0.717, 1.165) is 57.5 Å². The number of aromatic nitrogens is 2. The molecule has 0 radical (unpaired) electrons. The molecule has 3 aromatic carbocycles. The van der Waals surface area contributed by atoms with Crippen LogP contribution in [0.25, 0.3) is 33.3 Å². The molecule has 0 saturated carbocycles. The first-order valence-electron chi connectivity index (χ1n) is 28.5. The number of rotatable bonds is 11. The Morgan fingerprint density at radius 2 is 1.78 bits per heavy atom. The van der Waals surface area contributed by atoms with Crippen LogP contribution in [0.2, 0.25) is 0 Å². The first kappa shape index (κ1) is 58.4. The smallest absolute Gasteiger partial charge is 0.324 e. The van der Waals surface area contributed by atoms with Crippen molar-refractivity contribution in [3.8, 4) is 40.0 Å². The number of cyclic esters (lactones) is 1. The summed E-state index contributed by atoms with van der Waals surface area (Å²) < 4.78 is 20.5. The number of fused-ring (bicyclic) bond motifs is 6. The van der Waals surface area contributed by atoms with Crippen molar-refractivity contribution in [1.82, 2.24) is 40.0 Å². The van der Waals surface area contributed by atoms with Crippen LogP contribution >= 0.6 is 0 Å². The van der Waals surface area contributed by atoms with Gasteiger partial charge >= 0.3 is 5.97 Å². The SMILES string of the molecule is CCn1c(-c2cc(C#CCN3CCCN(C)C(=O)C3)cnc2[C@H](C)OC)c2c3cc(ccc31)-c1cc(O)cc(c1)C[C@H](NC(=O)[C@H](C(C)C)N(C)C(=O)[C@@H]1OCC[C@@H]1c1ccc(N)cc1)C(=O)N1CCC[C@H](N1)C(=O)OCC(C)(C)C2. The van der Waals surface area contributed by atoms with Crippen molar-refractivity contribution in [2.45, 2.75) is 123 Å². The fourth-order valence-electron chi connectivity index (χ4n) is 12.1. The monoisotopic (exact) mass is 1110 g/mol. The van der Waals surface area contributed by atoms with E-state index in [-0.39, 0.29) is 49.0 Å². The number of benzene rings is 3. The molecule has 4 aliphatic rings. The number of hydrogen-bond donors (Lipinski definition) is 4. The van der Waals surface area contributed by atoms with E-state index in [4.69, 9.17) is 24.9 Å². The minimum Gasteiger partial charge on any atom is -0.508 e. The third-order valence-corrected chi connectivity index (χ3v) is 16.4. The summed E-state index contributed by atoms with van der Waals surface area (Å²) in [4.78, 5) is 81.4. The number of likely N-dealkylation sites (N-methyl/N-ethyl adjacent to an activating group) is 2. The molecule has 5 N–H and O–H groups in total. The zero-order chi connectivity index (χ0) is 57.9. The number of nitrogens with one attached hydrogen (secondary N) is 2. The highest BCUT2D eigenvalue weighted by molar-refractivity contribution is 5.96. The predicted octanol–water partition coefficient (Wildman–Crippen LogP) is 6.61. The van der Waals surface area contributed by atoms with Crippen LogP contribution in [0.15, 0.2) is 72.9 Å². The molecule has 4 amide bonds. The Balaban J connectivity index is 1.10. The number of amides is 4. The van der Waals surface area contributed by atoms with E-state index < -0.39 is 53.5 Å². The van der Waals surface area contributed by atoms with Crippen LogP contribution in [0.3, 0.4) is 0 Å². The molecule has 3 saturated heterocycles. The summed E-state index contributed by atoms with van der Waals surface area (Å²) in [5, 5.41) is 16.9. The molecule has 430 valence electrons. The number of methoxy groups -OCH3 is 1. The number of carbonyl (C=O) groups is 5. The van der Waals surface area contributed by atoms with Gasteiger partial charge in [-0.05, 0) is 122 Å². The van der Waals surface area contributed by atoms with E-state index >= 15 is 0 Å². The van der Waals surface area contributed by atoms with Gasteiger partial charge in [0.2, 0.25) is 11.8 Å². The molecule has 6 heterocycles. The fraction of sp³-hybridized carbons (Fsp3) is 0.492. The number of anilines is 1. The number of phenols is 1. The number of aryl methyl sites for hydroxylation is 1. The molecule has 3 fully saturated rings. The van der Waals surface area contributed by atoms with Gasteiger partial charge in [0.05, 0.1) is 37.2 Å². The van der Waals surface area contributed by atoms with Crippen LogP contribution in [0.4, 0.5) is 5.69 Å². The number of pyridine rings is 1. The highest BCUT2D eigenvalue weighted by atomic mass is 16.5. The zero-order valence-corrected chi connectivity index (χ0v) is 48.3. The molecular formula is C63H79N9O9. The summed E-state index contributed by atoms with van der Waals surface area (Å²) >= 11 is 0. The number of hydrogen-bond acceptors (Lipinski definition) is 13. The molecule has 6 bridgehead atoms.